The molecule has 2 heterocycles. The number of aromatic nitrogens is 1. The number of pyridine rings is 1. The van der Waals surface area contributed by atoms with Gasteiger partial charge >= 0.3 is 0 Å². The standard InChI is InChI=1S/C16H18N2O2S/c19-15(17-11-16(20)7-9-21-10-8-16)14-6-5-12-3-1-2-4-13(12)18-14/h1-6,20H,7-11H2,(H,17,19). The Balaban J connectivity index is 1.69. The average Bonchev–Trinajstić information content (AvgIpc) is 2.53. The van der Waals surface area contributed by atoms with Crippen LogP contribution in [-0.4, -0.2) is 39.6 Å². The van der Waals surface area contributed by atoms with E-state index in [0.717, 1.165) is 35.3 Å². The molecule has 1 fully saturated rings. The van der Waals surface area contributed by atoms with Crippen molar-refractivity contribution in [3.05, 3.63) is 42.1 Å². The second kappa shape index (κ2) is 6.03. The summed E-state index contributed by atoms with van der Waals surface area (Å²) in [6.07, 6.45) is 1.45. The number of hydrogen-bond donors (Lipinski definition) is 2. The van der Waals surface area contributed by atoms with Crippen molar-refractivity contribution in [3.63, 3.8) is 0 Å². The molecule has 1 saturated heterocycles. The van der Waals surface area contributed by atoms with E-state index in [0.29, 0.717) is 12.2 Å². The Kier molecular flexibility index (Phi) is 4.12. The zero-order chi connectivity index (χ0) is 14.7. The molecule has 0 atom stereocenters. The minimum atomic E-state index is -0.766. The number of nitrogens with zero attached hydrogens (tertiary/aromatic N) is 1. The Hall–Kier alpha value is -1.59. The maximum absolute atomic E-state index is 12.2. The minimum absolute atomic E-state index is 0.229. The van der Waals surface area contributed by atoms with E-state index in [9.17, 15) is 9.90 Å². The van der Waals surface area contributed by atoms with Gasteiger partial charge in [0.25, 0.3) is 5.91 Å². The number of benzene rings is 1. The molecule has 0 spiro atoms. The fourth-order valence-electron chi connectivity index (χ4n) is 2.46. The highest BCUT2D eigenvalue weighted by molar-refractivity contribution is 7.99. The van der Waals surface area contributed by atoms with Crippen LogP contribution < -0.4 is 5.32 Å². The van der Waals surface area contributed by atoms with E-state index in [2.05, 4.69) is 10.3 Å². The topological polar surface area (TPSA) is 62.2 Å². The first-order chi connectivity index (χ1) is 10.2. The molecular weight excluding hydrogens is 284 g/mol. The number of thioether (sulfide) groups is 1. The molecule has 1 amide bonds. The molecule has 2 aromatic rings. The van der Waals surface area contributed by atoms with Crippen molar-refractivity contribution in [2.75, 3.05) is 18.1 Å². The third-order valence-electron chi connectivity index (χ3n) is 3.83. The first kappa shape index (κ1) is 14.4. The molecule has 1 aliphatic rings. The van der Waals surface area contributed by atoms with Crippen LogP contribution in [0.15, 0.2) is 36.4 Å². The van der Waals surface area contributed by atoms with Crippen molar-refractivity contribution in [3.8, 4) is 0 Å². The van der Waals surface area contributed by atoms with Crippen LogP contribution in [0.5, 0.6) is 0 Å². The van der Waals surface area contributed by atoms with E-state index in [1.165, 1.54) is 0 Å². The molecule has 5 heteroatoms. The molecular formula is C16H18N2O2S. The third-order valence-corrected chi connectivity index (χ3v) is 4.82. The Labute approximate surface area is 128 Å². The molecule has 0 radical (unpaired) electrons. The lowest BCUT2D eigenvalue weighted by Gasteiger charge is -2.31. The normalized spacial score (nSPS) is 17.6. The second-order valence-corrected chi connectivity index (χ2v) is 6.63. The zero-order valence-electron chi connectivity index (χ0n) is 11.7. The fraction of sp³-hybridized carbons (Fsp3) is 0.375. The quantitative estimate of drug-likeness (QED) is 0.912. The first-order valence-corrected chi connectivity index (χ1v) is 8.26. The molecule has 21 heavy (non-hydrogen) atoms. The van der Waals surface area contributed by atoms with Crippen molar-refractivity contribution >= 4 is 28.6 Å². The van der Waals surface area contributed by atoms with Crippen LogP contribution in [0, 0.1) is 0 Å². The summed E-state index contributed by atoms with van der Waals surface area (Å²) in [6.45, 7) is 0.293. The van der Waals surface area contributed by atoms with Crippen LogP contribution in [0.3, 0.4) is 0 Å². The van der Waals surface area contributed by atoms with E-state index >= 15 is 0 Å². The Morgan fingerprint density at radius 2 is 2.00 bits per heavy atom. The van der Waals surface area contributed by atoms with Gasteiger partial charge in [-0.25, -0.2) is 4.98 Å². The molecule has 0 aliphatic carbocycles. The molecule has 2 N–H and O–H groups in total. The Bertz CT molecular complexity index is 654. The highest BCUT2D eigenvalue weighted by atomic mass is 32.2. The van der Waals surface area contributed by atoms with Crippen LogP contribution >= 0.6 is 11.8 Å². The van der Waals surface area contributed by atoms with Gasteiger partial charge in [0.2, 0.25) is 0 Å². The predicted octanol–water partition coefficient (Wildman–Crippen LogP) is 2.22. The summed E-state index contributed by atoms with van der Waals surface area (Å²) >= 11 is 1.84. The Morgan fingerprint density at radius 1 is 1.24 bits per heavy atom. The van der Waals surface area contributed by atoms with E-state index in [-0.39, 0.29) is 5.91 Å². The molecule has 1 aromatic heterocycles. The molecule has 1 aliphatic heterocycles. The smallest absolute Gasteiger partial charge is 0.270 e. The summed E-state index contributed by atoms with van der Waals surface area (Å²) in [7, 11) is 0. The summed E-state index contributed by atoms with van der Waals surface area (Å²) in [5, 5.41) is 14.2. The van der Waals surface area contributed by atoms with Crippen LogP contribution in [0.2, 0.25) is 0 Å². The van der Waals surface area contributed by atoms with Gasteiger partial charge < -0.3 is 10.4 Å². The molecule has 3 rings (SSSR count). The maximum atomic E-state index is 12.2. The summed E-state index contributed by atoms with van der Waals surface area (Å²) in [5.41, 5.74) is 0.429. The van der Waals surface area contributed by atoms with Crippen molar-refractivity contribution in [2.45, 2.75) is 18.4 Å². The van der Waals surface area contributed by atoms with Gasteiger partial charge in [0.1, 0.15) is 5.69 Å². The molecule has 1 aromatic carbocycles. The van der Waals surface area contributed by atoms with E-state index in [1.807, 2.05) is 42.1 Å². The molecule has 4 nitrogen and oxygen atoms in total. The van der Waals surface area contributed by atoms with Gasteiger partial charge in [0.15, 0.2) is 0 Å². The number of nitrogens with one attached hydrogen (secondary N) is 1. The SMILES string of the molecule is O=C(NCC1(O)CCSCC1)c1ccc2ccccc2n1. The predicted molar refractivity (Wildman–Crippen MR) is 85.6 cm³/mol. The van der Waals surface area contributed by atoms with Gasteiger partial charge in [-0.05, 0) is 36.5 Å². The lowest BCUT2D eigenvalue weighted by atomic mass is 9.97. The Morgan fingerprint density at radius 3 is 2.81 bits per heavy atom. The monoisotopic (exact) mass is 302 g/mol. The molecule has 0 bridgehead atoms. The van der Waals surface area contributed by atoms with E-state index < -0.39 is 5.60 Å². The maximum Gasteiger partial charge on any atom is 0.270 e. The van der Waals surface area contributed by atoms with Crippen molar-refractivity contribution < 1.29 is 9.90 Å². The second-order valence-electron chi connectivity index (χ2n) is 5.41. The van der Waals surface area contributed by atoms with Crippen molar-refractivity contribution in [1.82, 2.24) is 10.3 Å². The minimum Gasteiger partial charge on any atom is -0.388 e. The number of fused-ring (bicyclic) bond motifs is 1. The highest BCUT2D eigenvalue weighted by Gasteiger charge is 2.30. The van der Waals surface area contributed by atoms with Crippen molar-refractivity contribution in [1.29, 1.82) is 0 Å². The molecule has 110 valence electrons. The number of hydrogen-bond acceptors (Lipinski definition) is 4. The number of rotatable bonds is 3. The summed E-state index contributed by atoms with van der Waals surface area (Å²) in [5.74, 6) is 1.66. The van der Waals surface area contributed by atoms with Gasteiger partial charge in [-0.1, -0.05) is 24.3 Å². The fourth-order valence-corrected chi connectivity index (χ4v) is 3.71. The van der Waals surface area contributed by atoms with Crippen LogP contribution in [-0.2, 0) is 0 Å². The molecule has 0 saturated carbocycles. The average molecular weight is 302 g/mol. The summed E-state index contributed by atoms with van der Waals surface area (Å²) in [4.78, 5) is 16.5. The third kappa shape index (κ3) is 3.36. The first-order valence-electron chi connectivity index (χ1n) is 7.10. The highest BCUT2D eigenvalue weighted by Crippen LogP contribution is 2.26. The van der Waals surface area contributed by atoms with Gasteiger partial charge in [0.05, 0.1) is 11.1 Å². The number of para-hydroxylation sites is 1. The number of amides is 1. The number of carbonyl (C=O) groups excluding carboxylic acids is 1. The lowest BCUT2D eigenvalue weighted by molar-refractivity contribution is 0.0310. The van der Waals surface area contributed by atoms with E-state index in [1.54, 1.807) is 6.07 Å². The van der Waals surface area contributed by atoms with Gasteiger partial charge in [-0.2, -0.15) is 11.8 Å². The summed E-state index contributed by atoms with van der Waals surface area (Å²) in [6, 6.07) is 11.3. The largest absolute Gasteiger partial charge is 0.388 e. The van der Waals surface area contributed by atoms with Crippen LogP contribution in [0.4, 0.5) is 0 Å². The van der Waals surface area contributed by atoms with Crippen molar-refractivity contribution in [2.24, 2.45) is 0 Å². The van der Waals surface area contributed by atoms with Gasteiger partial charge in [-0.15, -0.1) is 0 Å². The summed E-state index contributed by atoms with van der Waals surface area (Å²) < 4.78 is 0. The number of carbonyl (C=O) groups is 1. The van der Waals surface area contributed by atoms with Crippen LogP contribution in [0.25, 0.3) is 10.9 Å². The zero-order valence-corrected chi connectivity index (χ0v) is 12.5. The van der Waals surface area contributed by atoms with Gasteiger partial charge in [-0.3, -0.25) is 4.79 Å². The van der Waals surface area contributed by atoms with Gasteiger partial charge in [0, 0.05) is 11.9 Å². The lowest BCUT2D eigenvalue weighted by Crippen LogP contribution is -2.45. The molecule has 0 unspecified atom stereocenters. The van der Waals surface area contributed by atoms with Crippen LogP contribution in [0.1, 0.15) is 23.3 Å². The number of aliphatic hydroxyl groups is 1. The van der Waals surface area contributed by atoms with E-state index in [4.69, 9.17) is 0 Å².